The quantitative estimate of drug-likeness (QED) is 0.390. The zero-order valence-corrected chi connectivity index (χ0v) is 22.7. The standard InChI is InChI=1S/C30H37FN2O5/c1-20(34)5-11-25-19-33(29(36)37-25)24-10-12-26(27(31)16-24)23-8-6-21(7-9-23)17-32-14-13-22(18-32)15-28(35)38-30(2,3)4/h6-10,12,16,22,25H,5,11,13-15,17-19H2,1-4H3/t22-,25-/m0/s1. The number of amides is 1. The summed E-state index contributed by atoms with van der Waals surface area (Å²) in [5.41, 5.74) is 2.31. The van der Waals surface area contributed by atoms with Gasteiger partial charge in [0.25, 0.3) is 0 Å². The summed E-state index contributed by atoms with van der Waals surface area (Å²) in [6, 6.07) is 12.6. The van der Waals surface area contributed by atoms with Crippen LogP contribution < -0.4 is 4.90 Å². The molecular weight excluding hydrogens is 487 g/mol. The molecule has 1 amide bonds. The largest absolute Gasteiger partial charge is 0.460 e. The number of likely N-dealkylation sites (tertiary alicyclic amines) is 1. The van der Waals surface area contributed by atoms with Gasteiger partial charge in [-0.3, -0.25) is 14.6 Å². The molecule has 4 rings (SSSR count). The molecule has 2 saturated heterocycles. The van der Waals surface area contributed by atoms with Crippen molar-refractivity contribution in [3.63, 3.8) is 0 Å². The Labute approximate surface area is 223 Å². The number of rotatable bonds is 9. The Morgan fingerprint density at radius 2 is 1.84 bits per heavy atom. The van der Waals surface area contributed by atoms with Crippen LogP contribution in [0.15, 0.2) is 42.5 Å². The van der Waals surface area contributed by atoms with Crippen LogP contribution in [-0.4, -0.2) is 54.1 Å². The van der Waals surface area contributed by atoms with Crippen LogP contribution in [-0.2, 0) is 25.6 Å². The second kappa shape index (κ2) is 11.6. The van der Waals surface area contributed by atoms with E-state index < -0.39 is 17.5 Å². The number of esters is 1. The fraction of sp³-hybridized carbons (Fsp3) is 0.500. The molecule has 38 heavy (non-hydrogen) atoms. The molecule has 2 atom stereocenters. The number of halogens is 1. The normalized spacial score (nSPS) is 20.0. The Morgan fingerprint density at radius 1 is 1.11 bits per heavy atom. The number of carbonyl (C=O) groups is 3. The summed E-state index contributed by atoms with van der Waals surface area (Å²) in [6.07, 6.45) is 1.33. The van der Waals surface area contributed by atoms with Crippen molar-refractivity contribution in [3.8, 4) is 11.1 Å². The SMILES string of the molecule is CC(=O)CC[C@H]1CN(c2ccc(-c3ccc(CN4CC[C@@H](CC(=O)OC(C)(C)C)C4)cc3)c(F)c2)C(=O)O1. The second-order valence-corrected chi connectivity index (χ2v) is 11.4. The van der Waals surface area contributed by atoms with Crippen LogP contribution in [0.25, 0.3) is 11.1 Å². The van der Waals surface area contributed by atoms with Crippen molar-refractivity contribution >= 4 is 23.5 Å². The average Bonchev–Trinajstić information content (AvgIpc) is 3.42. The highest BCUT2D eigenvalue weighted by Gasteiger charge is 2.32. The van der Waals surface area contributed by atoms with Crippen molar-refractivity contribution < 1.29 is 28.2 Å². The monoisotopic (exact) mass is 524 g/mol. The first-order valence-electron chi connectivity index (χ1n) is 13.3. The fourth-order valence-electron chi connectivity index (χ4n) is 5.04. The van der Waals surface area contributed by atoms with Gasteiger partial charge >= 0.3 is 12.1 Å². The number of hydrogen-bond acceptors (Lipinski definition) is 6. The summed E-state index contributed by atoms with van der Waals surface area (Å²) in [5, 5.41) is 0. The molecule has 0 N–H and O–H groups in total. The van der Waals surface area contributed by atoms with Crippen molar-refractivity contribution in [2.45, 2.75) is 71.6 Å². The second-order valence-electron chi connectivity index (χ2n) is 11.4. The van der Waals surface area contributed by atoms with Gasteiger partial charge in [0.15, 0.2) is 0 Å². The molecule has 0 aromatic heterocycles. The summed E-state index contributed by atoms with van der Waals surface area (Å²) in [4.78, 5) is 39.4. The molecule has 0 saturated carbocycles. The van der Waals surface area contributed by atoms with E-state index in [2.05, 4.69) is 4.90 Å². The minimum absolute atomic E-state index is 0.0451. The van der Waals surface area contributed by atoms with Gasteiger partial charge in [0.1, 0.15) is 23.3 Å². The average molecular weight is 525 g/mol. The number of anilines is 1. The molecule has 2 fully saturated rings. The summed E-state index contributed by atoms with van der Waals surface area (Å²) in [5.74, 6) is -0.214. The minimum atomic E-state index is -0.523. The molecule has 0 aliphatic carbocycles. The van der Waals surface area contributed by atoms with Crippen LogP contribution in [0.2, 0.25) is 0 Å². The maximum Gasteiger partial charge on any atom is 0.414 e. The number of nitrogens with zero attached hydrogens (tertiary/aromatic N) is 2. The molecule has 0 bridgehead atoms. The molecule has 0 radical (unpaired) electrons. The van der Waals surface area contributed by atoms with Crippen molar-refractivity contribution in [1.82, 2.24) is 4.90 Å². The number of carbonyl (C=O) groups excluding carboxylic acids is 3. The predicted molar refractivity (Wildman–Crippen MR) is 143 cm³/mol. The van der Waals surface area contributed by atoms with E-state index in [4.69, 9.17) is 9.47 Å². The number of Topliss-reactive ketones (excluding diaryl/α,β-unsaturated/α-hetero) is 1. The Kier molecular flexibility index (Phi) is 8.51. The van der Waals surface area contributed by atoms with Crippen LogP contribution in [0.4, 0.5) is 14.9 Å². The molecule has 2 heterocycles. The topological polar surface area (TPSA) is 76.2 Å². The van der Waals surface area contributed by atoms with E-state index in [0.29, 0.717) is 43.0 Å². The van der Waals surface area contributed by atoms with Crippen LogP contribution in [0.3, 0.4) is 0 Å². The smallest absolute Gasteiger partial charge is 0.414 e. The minimum Gasteiger partial charge on any atom is -0.460 e. The molecule has 2 aliphatic rings. The van der Waals surface area contributed by atoms with Gasteiger partial charge in [-0.25, -0.2) is 9.18 Å². The van der Waals surface area contributed by atoms with Gasteiger partial charge < -0.3 is 14.3 Å². The third-order valence-corrected chi connectivity index (χ3v) is 6.87. The highest BCUT2D eigenvalue weighted by atomic mass is 19.1. The number of ketones is 1. The molecule has 2 aromatic carbocycles. The van der Waals surface area contributed by atoms with Crippen LogP contribution in [0.5, 0.6) is 0 Å². The van der Waals surface area contributed by atoms with Gasteiger partial charge in [-0.2, -0.15) is 0 Å². The summed E-state index contributed by atoms with van der Waals surface area (Å²) >= 11 is 0. The Morgan fingerprint density at radius 3 is 2.50 bits per heavy atom. The van der Waals surface area contributed by atoms with E-state index in [0.717, 1.165) is 37.2 Å². The van der Waals surface area contributed by atoms with E-state index in [-0.39, 0.29) is 17.9 Å². The van der Waals surface area contributed by atoms with Crippen molar-refractivity contribution in [3.05, 3.63) is 53.8 Å². The lowest BCUT2D eigenvalue weighted by atomic mass is 10.0. The van der Waals surface area contributed by atoms with Gasteiger partial charge in [-0.05, 0) is 82.3 Å². The first-order valence-corrected chi connectivity index (χ1v) is 13.3. The van der Waals surface area contributed by atoms with E-state index >= 15 is 4.39 Å². The summed E-state index contributed by atoms with van der Waals surface area (Å²) < 4.78 is 25.9. The molecule has 2 aliphatic heterocycles. The van der Waals surface area contributed by atoms with Gasteiger partial charge in [-0.15, -0.1) is 0 Å². The molecule has 0 unspecified atom stereocenters. The summed E-state index contributed by atoms with van der Waals surface area (Å²) in [7, 11) is 0. The first-order chi connectivity index (χ1) is 18.0. The third-order valence-electron chi connectivity index (χ3n) is 6.87. The molecule has 2 aromatic rings. The van der Waals surface area contributed by atoms with E-state index in [1.807, 2.05) is 45.0 Å². The lowest BCUT2D eigenvalue weighted by Crippen LogP contribution is -2.26. The molecule has 8 heteroatoms. The van der Waals surface area contributed by atoms with Crippen molar-refractivity contribution in [2.75, 3.05) is 24.5 Å². The molecular formula is C30H37FN2O5. The Bertz CT molecular complexity index is 1170. The van der Waals surface area contributed by atoms with E-state index in [1.54, 1.807) is 12.1 Å². The Hall–Kier alpha value is -3.26. The lowest BCUT2D eigenvalue weighted by Gasteiger charge is -2.21. The lowest BCUT2D eigenvalue weighted by molar-refractivity contribution is -0.155. The predicted octanol–water partition coefficient (Wildman–Crippen LogP) is 5.74. The first kappa shape index (κ1) is 27.8. The maximum absolute atomic E-state index is 15.1. The van der Waals surface area contributed by atoms with Crippen LogP contribution >= 0.6 is 0 Å². The van der Waals surface area contributed by atoms with Crippen LogP contribution in [0.1, 0.15) is 58.9 Å². The van der Waals surface area contributed by atoms with Gasteiger partial charge in [-0.1, -0.05) is 24.3 Å². The van der Waals surface area contributed by atoms with Gasteiger partial charge in [0.05, 0.1) is 12.2 Å². The maximum atomic E-state index is 15.1. The van der Waals surface area contributed by atoms with Gasteiger partial charge in [0.2, 0.25) is 0 Å². The van der Waals surface area contributed by atoms with E-state index in [9.17, 15) is 14.4 Å². The van der Waals surface area contributed by atoms with Crippen molar-refractivity contribution in [2.24, 2.45) is 5.92 Å². The number of hydrogen-bond donors (Lipinski definition) is 0. The van der Waals surface area contributed by atoms with Crippen LogP contribution in [0, 0.1) is 11.7 Å². The highest BCUT2D eigenvalue weighted by Crippen LogP contribution is 2.30. The fourth-order valence-corrected chi connectivity index (χ4v) is 5.04. The molecule has 0 spiro atoms. The molecule has 204 valence electrons. The summed E-state index contributed by atoms with van der Waals surface area (Å²) in [6.45, 7) is 10.0. The number of cyclic esters (lactones) is 1. The van der Waals surface area contributed by atoms with Gasteiger partial charge in [0, 0.05) is 31.5 Å². The molecule has 7 nitrogen and oxygen atoms in total. The Balaban J connectivity index is 1.32. The zero-order valence-electron chi connectivity index (χ0n) is 22.7. The van der Waals surface area contributed by atoms with E-state index in [1.165, 1.54) is 17.9 Å². The highest BCUT2D eigenvalue weighted by molar-refractivity contribution is 5.90. The number of benzene rings is 2. The van der Waals surface area contributed by atoms with Crippen molar-refractivity contribution in [1.29, 1.82) is 0 Å². The third kappa shape index (κ3) is 7.40. The number of ether oxygens (including phenoxy) is 2. The zero-order chi connectivity index (χ0) is 27.4.